The van der Waals surface area contributed by atoms with Gasteiger partial charge in [0.05, 0.1) is 0 Å². The van der Waals surface area contributed by atoms with Crippen LogP contribution in [-0.4, -0.2) is 34.9 Å². The number of aliphatic carboxylic acids is 1. The Hall–Kier alpha value is -1.86. The number of urea groups is 1. The zero-order chi connectivity index (χ0) is 14.4. The summed E-state index contributed by atoms with van der Waals surface area (Å²) < 4.78 is 13.0. The summed E-state index contributed by atoms with van der Waals surface area (Å²) in [5.74, 6) is -1.91. The quantitative estimate of drug-likeness (QED) is 0.659. The van der Waals surface area contributed by atoms with Crippen LogP contribution >= 0.6 is 11.6 Å². The summed E-state index contributed by atoms with van der Waals surface area (Å²) in [5, 5.41) is 21.9. The van der Waals surface area contributed by atoms with E-state index in [-0.39, 0.29) is 23.7 Å². The Kier molecular flexibility index (Phi) is 5.53. The van der Waals surface area contributed by atoms with E-state index < -0.39 is 23.9 Å². The molecule has 0 heterocycles. The summed E-state index contributed by atoms with van der Waals surface area (Å²) in [4.78, 5) is 22.2. The standard InChI is InChI=1S/C11H12ClFN2O4/c12-6-3-7(13)5-8(4-6)14-11(19)15-9(1-2-16)10(17)18/h3-5,9,16H,1-2H2,(H,17,18)(H2,14,15,19)/t9-/m0/s1. The molecule has 1 rings (SSSR count). The minimum Gasteiger partial charge on any atom is -0.480 e. The maximum absolute atomic E-state index is 13.0. The third kappa shape index (κ3) is 5.11. The molecule has 1 atom stereocenters. The molecule has 2 amide bonds. The van der Waals surface area contributed by atoms with Crippen LogP contribution in [0.5, 0.6) is 0 Å². The van der Waals surface area contributed by atoms with Crippen LogP contribution in [0.25, 0.3) is 0 Å². The van der Waals surface area contributed by atoms with Crippen LogP contribution in [0.2, 0.25) is 5.02 Å². The Morgan fingerprint density at radius 3 is 2.58 bits per heavy atom. The number of nitrogens with one attached hydrogen (secondary N) is 2. The van der Waals surface area contributed by atoms with Crippen LogP contribution in [0.15, 0.2) is 18.2 Å². The third-order valence-corrected chi connectivity index (χ3v) is 2.36. The topological polar surface area (TPSA) is 98.7 Å². The Balaban J connectivity index is 2.66. The first-order valence-electron chi connectivity index (χ1n) is 5.29. The molecule has 0 aliphatic rings. The number of amides is 2. The summed E-state index contributed by atoms with van der Waals surface area (Å²) in [5.41, 5.74) is 0.0932. The van der Waals surface area contributed by atoms with Gasteiger partial charge in [0.25, 0.3) is 0 Å². The predicted octanol–water partition coefficient (Wildman–Crippen LogP) is 1.44. The van der Waals surface area contributed by atoms with Gasteiger partial charge in [0.1, 0.15) is 11.9 Å². The monoisotopic (exact) mass is 290 g/mol. The first-order chi connectivity index (χ1) is 8.92. The van der Waals surface area contributed by atoms with Gasteiger partial charge in [0.15, 0.2) is 0 Å². The van der Waals surface area contributed by atoms with E-state index in [0.29, 0.717) is 0 Å². The van der Waals surface area contributed by atoms with Crippen LogP contribution in [-0.2, 0) is 4.79 Å². The van der Waals surface area contributed by atoms with Gasteiger partial charge in [0.2, 0.25) is 0 Å². The summed E-state index contributed by atoms with van der Waals surface area (Å²) in [6, 6.07) is 1.35. The summed E-state index contributed by atoms with van der Waals surface area (Å²) in [6.07, 6.45) is -0.132. The number of carboxylic acid groups (broad SMARTS) is 1. The van der Waals surface area contributed by atoms with Crippen LogP contribution in [0, 0.1) is 5.82 Å². The molecule has 1 aromatic carbocycles. The Labute approximate surface area is 113 Å². The van der Waals surface area contributed by atoms with E-state index in [1.54, 1.807) is 0 Å². The average Bonchev–Trinajstić information content (AvgIpc) is 2.26. The number of halogens is 2. The fourth-order valence-electron chi connectivity index (χ4n) is 1.34. The lowest BCUT2D eigenvalue weighted by molar-refractivity contribution is -0.139. The van der Waals surface area contributed by atoms with Crippen molar-refractivity contribution in [1.82, 2.24) is 5.32 Å². The maximum Gasteiger partial charge on any atom is 0.326 e. The number of benzene rings is 1. The molecule has 0 aromatic heterocycles. The SMILES string of the molecule is O=C(Nc1cc(F)cc(Cl)c1)N[C@@H](CCO)C(=O)O. The van der Waals surface area contributed by atoms with Gasteiger partial charge in [-0.15, -0.1) is 0 Å². The van der Waals surface area contributed by atoms with Crippen LogP contribution in [0.4, 0.5) is 14.9 Å². The minimum absolute atomic E-state index is 0.0932. The second-order valence-corrected chi connectivity index (χ2v) is 4.10. The van der Waals surface area contributed by atoms with Gasteiger partial charge < -0.3 is 20.8 Å². The van der Waals surface area contributed by atoms with Crippen molar-refractivity contribution in [3.63, 3.8) is 0 Å². The first-order valence-corrected chi connectivity index (χ1v) is 5.67. The van der Waals surface area contributed by atoms with Crippen molar-refractivity contribution in [2.45, 2.75) is 12.5 Å². The predicted molar refractivity (Wildman–Crippen MR) is 66.7 cm³/mol. The molecule has 0 bridgehead atoms. The van der Waals surface area contributed by atoms with Gasteiger partial charge in [-0.05, 0) is 18.2 Å². The number of rotatable bonds is 5. The minimum atomic E-state index is -1.28. The Morgan fingerprint density at radius 2 is 2.05 bits per heavy atom. The van der Waals surface area contributed by atoms with Gasteiger partial charge in [-0.1, -0.05) is 11.6 Å². The highest BCUT2D eigenvalue weighted by Gasteiger charge is 2.19. The first kappa shape index (κ1) is 15.2. The molecule has 1 aromatic rings. The van der Waals surface area contributed by atoms with Crippen LogP contribution in [0.1, 0.15) is 6.42 Å². The summed E-state index contributed by atoms with van der Waals surface area (Å²) in [6.45, 7) is -0.386. The normalized spacial score (nSPS) is 11.7. The van der Waals surface area contributed by atoms with Crippen LogP contribution in [0.3, 0.4) is 0 Å². The molecular formula is C11H12ClFN2O4. The van der Waals surface area contributed by atoms with Crippen molar-refractivity contribution in [2.24, 2.45) is 0 Å². The van der Waals surface area contributed by atoms with E-state index in [4.69, 9.17) is 21.8 Å². The molecule has 19 heavy (non-hydrogen) atoms. The maximum atomic E-state index is 13.0. The van der Waals surface area contributed by atoms with E-state index in [1.807, 2.05) is 0 Å². The van der Waals surface area contributed by atoms with Crippen molar-refractivity contribution < 1.29 is 24.2 Å². The number of carbonyl (C=O) groups is 2. The number of aliphatic hydroxyl groups is 1. The number of hydrogen-bond acceptors (Lipinski definition) is 3. The van der Waals surface area contributed by atoms with Crippen molar-refractivity contribution in [3.8, 4) is 0 Å². The number of carbonyl (C=O) groups excluding carboxylic acids is 1. The lowest BCUT2D eigenvalue weighted by Crippen LogP contribution is -2.43. The molecular weight excluding hydrogens is 279 g/mol. The fraction of sp³-hybridized carbons (Fsp3) is 0.273. The Bertz CT molecular complexity index is 464. The molecule has 0 radical (unpaired) electrons. The number of aliphatic hydroxyl groups excluding tert-OH is 1. The fourth-order valence-corrected chi connectivity index (χ4v) is 1.56. The molecule has 0 fully saturated rings. The molecule has 0 unspecified atom stereocenters. The zero-order valence-corrected chi connectivity index (χ0v) is 10.4. The lowest BCUT2D eigenvalue weighted by atomic mass is 10.2. The van der Waals surface area contributed by atoms with E-state index in [2.05, 4.69) is 10.6 Å². The molecule has 0 saturated heterocycles. The zero-order valence-electron chi connectivity index (χ0n) is 9.69. The van der Waals surface area contributed by atoms with E-state index in [0.717, 1.165) is 12.1 Å². The van der Waals surface area contributed by atoms with Crippen molar-refractivity contribution in [1.29, 1.82) is 0 Å². The highest BCUT2D eigenvalue weighted by Crippen LogP contribution is 2.17. The number of anilines is 1. The summed E-state index contributed by atoms with van der Waals surface area (Å²) in [7, 11) is 0. The van der Waals surface area contributed by atoms with Crippen LogP contribution < -0.4 is 10.6 Å². The van der Waals surface area contributed by atoms with Gasteiger partial charge in [0, 0.05) is 23.7 Å². The molecule has 0 aliphatic heterocycles. The summed E-state index contributed by atoms with van der Waals surface area (Å²) >= 11 is 5.60. The van der Waals surface area contributed by atoms with Gasteiger partial charge in [-0.25, -0.2) is 14.0 Å². The molecule has 0 spiro atoms. The van der Waals surface area contributed by atoms with E-state index in [1.165, 1.54) is 6.07 Å². The molecule has 4 N–H and O–H groups in total. The van der Waals surface area contributed by atoms with Gasteiger partial charge >= 0.3 is 12.0 Å². The third-order valence-electron chi connectivity index (χ3n) is 2.14. The molecule has 104 valence electrons. The smallest absolute Gasteiger partial charge is 0.326 e. The number of hydrogen-bond donors (Lipinski definition) is 4. The molecule has 0 aliphatic carbocycles. The van der Waals surface area contributed by atoms with Crippen molar-refractivity contribution in [3.05, 3.63) is 29.0 Å². The van der Waals surface area contributed by atoms with Crippen molar-refractivity contribution in [2.75, 3.05) is 11.9 Å². The van der Waals surface area contributed by atoms with E-state index in [9.17, 15) is 14.0 Å². The van der Waals surface area contributed by atoms with E-state index >= 15 is 0 Å². The highest BCUT2D eigenvalue weighted by atomic mass is 35.5. The van der Waals surface area contributed by atoms with Gasteiger partial charge in [-0.2, -0.15) is 0 Å². The molecule has 0 saturated carbocycles. The highest BCUT2D eigenvalue weighted by molar-refractivity contribution is 6.30. The lowest BCUT2D eigenvalue weighted by Gasteiger charge is -2.14. The Morgan fingerprint density at radius 1 is 1.37 bits per heavy atom. The van der Waals surface area contributed by atoms with Crippen molar-refractivity contribution >= 4 is 29.3 Å². The average molecular weight is 291 g/mol. The number of carboxylic acids is 1. The largest absolute Gasteiger partial charge is 0.480 e. The second-order valence-electron chi connectivity index (χ2n) is 3.66. The molecule has 8 heteroatoms. The molecule has 6 nitrogen and oxygen atoms in total. The van der Waals surface area contributed by atoms with Gasteiger partial charge in [-0.3, -0.25) is 0 Å². The second kappa shape index (κ2) is 6.91.